The van der Waals surface area contributed by atoms with Crippen LogP contribution in [0.4, 0.5) is 14.6 Å². The van der Waals surface area contributed by atoms with Gasteiger partial charge in [-0.2, -0.15) is 0 Å². The minimum Gasteiger partial charge on any atom is -0.383 e. The number of rotatable bonds is 1. The molecule has 0 atom stereocenters. The third kappa shape index (κ3) is 2.15. The Balaban J connectivity index is 3.23. The second-order valence-corrected chi connectivity index (χ2v) is 4.22. The normalized spacial score (nSPS) is 10.8. The summed E-state index contributed by atoms with van der Waals surface area (Å²) in [6, 6.07) is 1.36. The fraction of sp³-hybridized carbons (Fsp3) is 0.167. The fourth-order valence-electron chi connectivity index (χ4n) is 0.669. The third-order valence-corrected chi connectivity index (χ3v) is 3.91. The van der Waals surface area contributed by atoms with E-state index >= 15 is 0 Å². The molecule has 6 heteroatoms. The van der Waals surface area contributed by atoms with Crippen LogP contribution in [0.3, 0.4) is 0 Å². The van der Waals surface area contributed by atoms with Crippen molar-refractivity contribution in [1.82, 2.24) is 4.98 Å². The van der Waals surface area contributed by atoms with Crippen LogP contribution >= 0.6 is 45.2 Å². The summed E-state index contributed by atoms with van der Waals surface area (Å²) < 4.78 is 25.8. The fourth-order valence-corrected chi connectivity index (χ4v) is 1.54. The van der Waals surface area contributed by atoms with Crippen molar-refractivity contribution in [3.8, 4) is 0 Å². The number of anilines is 1. The summed E-state index contributed by atoms with van der Waals surface area (Å²) in [6.07, 6.45) is -2.55. The highest BCUT2D eigenvalue weighted by atomic mass is 127. The van der Waals surface area contributed by atoms with Gasteiger partial charge < -0.3 is 5.73 Å². The number of pyridine rings is 1. The lowest BCUT2D eigenvalue weighted by molar-refractivity contribution is 0.152. The number of aromatic nitrogens is 1. The zero-order valence-corrected chi connectivity index (χ0v) is 10.0. The molecule has 0 fully saturated rings. The van der Waals surface area contributed by atoms with E-state index in [9.17, 15) is 8.78 Å². The molecule has 0 radical (unpaired) electrons. The van der Waals surface area contributed by atoms with Crippen LogP contribution in [-0.4, -0.2) is 4.98 Å². The van der Waals surface area contributed by atoms with Gasteiger partial charge in [0.2, 0.25) is 0 Å². The molecule has 1 aromatic rings. The van der Waals surface area contributed by atoms with Crippen molar-refractivity contribution >= 4 is 51.0 Å². The van der Waals surface area contributed by atoms with E-state index in [1.807, 2.05) is 45.2 Å². The molecule has 0 aliphatic heterocycles. The number of halogens is 4. The van der Waals surface area contributed by atoms with Crippen molar-refractivity contribution < 1.29 is 8.78 Å². The van der Waals surface area contributed by atoms with Gasteiger partial charge in [0, 0.05) is 3.57 Å². The summed E-state index contributed by atoms with van der Waals surface area (Å²) >= 11 is 3.89. The second-order valence-electron chi connectivity index (χ2n) is 2.04. The van der Waals surface area contributed by atoms with E-state index in [1.54, 1.807) is 0 Å². The van der Waals surface area contributed by atoms with Crippen molar-refractivity contribution in [2.75, 3.05) is 5.73 Å². The lowest BCUT2D eigenvalue weighted by Gasteiger charge is -2.04. The van der Waals surface area contributed by atoms with Crippen molar-refractivity contribution in [3.05, 3.63) is 18.9 Å². The SMILES string of the molecule is Nc1nc(I)c(I)cc1C(F)F. The van der Waals surface area contributed by atoms with Gasteiger partial charge in [-0.05, 0) is 51.2 Å². The van der Waals surface area contributed by atoms with Crippen LogP contribution in [0.1, 0.15) is 12.0 Å². The summed E-state index contributed by atoms with van der Waals surface area (Å²) in [7, 11) is 0. The first-order valence-corrected chi connectivity index (χ1v) is 5.07. The first-order chi connectivity index (χ1) is 5.52. The number of hydrogen-bond acceptors (Lipinski definition) is 2. The van der Waals surface area contributed by atoms with Crippen LogP contribution in [-0.2, 0) is 0 Å². The summed E-state index contributed by atoms with van der Waals surface area (Å²) in [5.41, 5.74) is 5.10. The molecule has 0 aliphatic carbocycles. The number of alkyl halides is 2. The predicted molar refractivity (Wildman–Crippen MR) is 59.0 cm³/mol. The van der Waals surface area contributed by atoms with Crippen molar-refractivity contribution in [1.29, 1.82) is 0 Å². The predicted octanol–water partition coefficient (Wildman–Crippen LogP) is 2.81. The zero-order valence-electron chi connectivity index (χ0n) is 5.69. The van der Waals surface area contributed by atoms with Crippen molar-refractivity contribution in [3.63, 3.8) is 0 Å². The summed E-state index contributed by atoms with van der Waals surface area (Å²) in [5, 5.41) is 0. The lowest BCUT2D eigenvalue weighted by Crippen LogP contribution is -2.01. The molecule has 1 aromatic heterocycles. The molecule has 66 valence electrons. The van der Waals surface area contributed by atoms with Gasteiger partial charge in [-0.25, -0.2) is 13.8 Å². The molecule has 0 aliphatic rings. The van der Waals surface area contributed by atoms with E-state index in [-0.39, 0.29) is 11.4 Å². The van der Waals surface area contributed by atoms with E-state index < -0.39 is 6.43 Å². The van der Waals surface area contributed by atoms with E-state index in [0.29, 0.717) is 7.27 Å². The highest BCUT2D eigenvalue weighted by molar-refractivity contribution is 14.1. The van der Waals surface area contributed by atoms with Crippen LogP contribution in [0.15, 0.2) is 6.07 Å². The zero-order chi connectivity index (χ0) is 9.30. The number of hydrogen-bond donors (Lipinski definition) is 1. The molecule has 0 aromatic carbocycles. The van der Waals surface area contributed by atoms with E-state index in [0.717, 1.165) is 0 Å². The van der Waals surface area contributed by atoms with Crippen LogP contribution in [0.2, 0.25) is 0 Å². The average Bonchev–Trinajstić information content (AvgIpc) is 1.96. The lowest BCUT2D eigenvalue weighted by atomic mass is 10.3. The molecule has 2 N–H and O–H groups in total. The Morgan fingerprint density at radius 3 is 2.50 bits per heavy atom. The minimum absolute atomic E-state index is 0.0881. The molecule has 2 nitrogen and oxygen atoms in total. The maximum atomic E-state index is 12.2. The second kappa shape index (κ2) is 3.99. The molecule has 12 heavy (non-hydrogen) atoms. The highest BCUT2D eigenvalue weighted by Crippen LogP contribution is 2.26. The van der Waals surface area contributed by atoms with E-state index in [2.05, 4.69) is 4.98 Å². The Morgan fingerprint density at radius 1 is 1.42 bits per heavy atom. The Hall–Kier alpha value is 0.270. The molecule has 0 unspecified atom stereocenters. The standard InChI is InChI=1S/C6H4F2I2N2/c7-4(8)2-1-3(9)5(10)12-6(2)11/h1,4H,(H2,11,12). The Morgan fingerprint density at radius 2 is 2.00 bits per heavy atom. The van der Waals surface area contributed by atoms with Gasteiger partial charge >= 0.3 is 0 Å². The average molecular weight is 396 g/mol. The Labute approximate surface area is 95.2 Å². The van der Waals surface area contributed by atoms with Gasteiger partial charge in [-0.15, -0.1) is 0 Å². The van der Waals surface area contributed by atoms with Crippen molar-refractivity contribution in [2.24, 2.45) is 0 Å². The monoisotopic (exact) mass is 396 g/mol. The minimum atomic E-state index is -2.55. The van der Waals surface area contributed by atoms with E-state index in [4.69, 9.17) is 5.73 Å². The summed E-state index contributed by atoms with van der Waals surface area (Å²) in [5.74, 6) is -0.0881. The molecule has 0 bridgehead atoms. The van der Waals surface area contributed by atoms with Gasteiger partial charge in [0.1, 0.15) is 9.52 Å². The van der Waals surface area contributed by atoms with Crippen LogP contribution in [0.25, 0.3) is 0 Å². The third-order valence-electron chi connectivity index (χ3n) is 1.23. The largest absolute Gasteiger partial charge is 0.383 e. The van der Waals surface area contributed by atoms with Crippen LogP contribution in [0, 0.1) is 7.27 Å². The Kier molecular flexibility index (Phi) is 3.44. The van der Waals surface area contributed by atoms with Gasteiger partial charge in [0.15, 0.2) is 0 Å². The Bertz CT molecular complexity index is 304. The van der Waals surface area contributed by atoms with Gasteiger partial charge in [0.05, 0.1) is 5.56 Å². The van der Waals surface area contributed by atoms with Gasteiger partial charge in [-0.3, -0.25) is 0 Å². The van der Waals surface area contributed by atoms with Gasteiger partial charge in [0.25, 0.3) is 6.43 Å². The maximum Gasteiger partial charge on any atom is 0.267 e. The molecular formula is C6H4F2I2N2. The number of nitrogens with two attached hydrogens (primary N) is 1. The number of nitrogens with zero attached hydrogens (tertiary/aromatic N) is 1. The first-order valence-electron chi connectivity index (χ1n) is 2.92. The molecule has 1 heterocycles. The summed E-state index contributed by atoms with van der Waals surface area (Å²) in [4.78, 5) is 3.77. The molecule has 0 amide bonds. The maximum absolute atomic E-state index is 12.2. The van der Waals surface area contributed by atoms with E-state index in [1.165, 1.54) is 6.07 Å². The van der Waals surface area contributed by atoms with Crippen molar-refractivity contribution in [2.45, 2.75) is 6.43 Å². The molecule has 0 saturated carbocycles. The molecule has 0 spiro atoms. The van der Waals surface area contributed by atoms with Gasteiger partial charge in [-0.1, -0.05) is 0 Å². The quantitative estimate of drug-likeness (QED) is 0.586. The topological polar surface area (TPSA) is 38.9 Å². The molecule has 0 saturated heterocycles. The van der Waals surface area contributed by atoms with Crippen LogP contribution in [0.5, 0.6) is 0 Å². The number of nitrogen functional groups attached to an aromatic ring is 1. The highest BCUT2D eigenvalue weighted by Gasteiger charge is 2.14. The first kappa shape index (κ1) is 10.4. The summed E-state index contributed by atoms with van der Waals surface area (Å²) in [6.45, 7) is 0. The smallest absolute Gasteiger partial charge is 0.267 e. The molecule has 1 rings (SSSR count). The van der Waals surface area contributed by atoms with Crippen LogP contribution < -0.4 is 5.73 Å². The molecular weight excluding hydrogens is 392 g/mol.